The fourth-order valence-corrected chi connectivity index (χ4v) is 6.87. The Morgan fingerprint density at radius 3 is 1.18 bits per heavy atom. The Kier molecular flexibility index (Phi) is 25.8. The molecular formula is C28H57NaO7Si2. The van der Waals surface area contributed by atoms with Crippen molar-refractivity contribution in [1.29, 1.82) is 0 Å². The molecule has 0 unspecified atom stereocenters. The van der Waals surface area contributed by atoms with E-state index in [-0.39, 0.29) is 47.3 Å². The normalized spacial score (nSPS) is 20.1. The minimum Gasteiger partial charge on any atom is -0.870 e. The maximum absolute atomic E-state index is 8.12. The van der Waals surface area contributed by atoms with Crippen molar-refractivity contribution < 1.29 is 63.1 Å². The molecule has 10 heteroatoms. The molecule has 0 saturated heterocycles. The van der Waals surface area contributed by atoms with Gasteiger partial charge in [-0.1, -0.05) is 74.1 Å². The van der Waals surface area contributed by atoms with Crippen LogP contribution in [0, 0.1) is 5.92 Å². The van der Waals surface area contributed by atoms with E-state index in [9.17, 15) is 0 Å². The minimum atomic E-state index is -1.52. The first-order chi connectivity index (χ1) is 16.4. The molecule has 0 atom stereocenters. The first-order valence-electron chi connectivity index (χ1n) is 13.8. The van der Waals surface area contributed by atoms with Crippen molar-refractivity contribution in [1.82, 2.24) is 0 Å². The Morgan fingerprint density at radius 1 is 0.632 bits per heavy atom. The number of hydrogen-bond donors (Lipinski definition) is 0. The molecule has 0 aromatic heterocycles. The number of hydrogen-bond acceptors (Lipinski definition) is 7. The largest absolute Gasteiger partial charge is 1.00 e. The van der Waals surface area contributed by atoms with Crippen LogP contribution in [0.15, 0.2) is 0 Å². The van der Waals surface area contributed by atoms with Gasteiger partial charge < -0.3 is 14.3 Å². The van der Waals surface area contributed by atoms with Gasteiger partial charge in [0.05, 0.1) is 0 Å². The average Bonchev–Trinajstić information content (AvgIpc) is 2.74. The van der Waals surface area contributed by atoms with Gasteiger partial charge in [0, 0.05) is 12.2 Å². The molecule has 0 aromatic rings. The van der Waals surface area contributed by atoms with Gasteiger partial charge in [0.25, 0.3) is 0 Å². The maximum atomic E-state index is 8.12. The van der Waals surface area contributed by atoms with Crippen LogP contribution in [0.4, 0.5) is 0 Å². The Labute approximate surface area is 257 Å². The van der Waals surface area contributed by atoms with Crippen LogP contribution in [0.2, 0.25) is 36.3 Å². The summed E-state index contributed by atoms with van der Waals surface area (Å²) in [6.07, 6.45) is 15.1. The molecule has 0 amide bonds. The fourth-order valence-electron chi connectivity index (χ4n) is 4.03. The summed E-state index contributed by atoms with van der Waals surface area (Å²) < 4.78 is 12.9. The summed E-state index contributed by atoms with van der Waals surface area (Å²) in [7, 11) is -3.02. The Balaban J connectivity index is -0.000000242. The summed E-state index contributed by atoms with van der Waals surface area (Å²) >= 11 is 0. The van der Waals surface area contributed by atoms with Crippen LogP contribution in [0.5, 0.6) is 0 Å². The van der Waals surface area contributed by atoms with Gasteiger partial charge in [-0.3, -0.25) is 0 Å². The molecule has 0 bridgehead atoms. The third-order valence-electron chi connectivity index (χ3n) is 8.46. The first-order valence-corrected chi connectivity index (χ1v) is 19.6. The van der Waals surface area contributed by atoms with Gasteiger partial charge >= 0.3 is 41.9 Å². The fraction of sp³-hybridized carbons (Fsp3) is 0.929. The molecule has 2 aliphatic rings. The van der Waals surface area contributed by atoms with Gasteiger partial charge in [-0.25, -0.2) is 0 Å². The van der Waals surface area contributed by atoms with E-state index in [0.29, 0.717) is 22.3 Å². The van der Waals surface area contributed by atoms with E-state index in [0.717, 1.165) is 5.92 Å². The van der Waals surface area contributed by atoms with Crippen molar-refractivity contribution in [2.75, 3.05) is 0 Å². The molecule has 2 aliphatic carbocycles. The quantitative estimate of drug-likeness (QED) is 0.419. The second kappa shape index (κ2) is 21.8. The molecule has 7 nitrogen and oxygen atoms in total. The second-order valence-corrected chi connectivity index (χ2v) is 22.7. The van der Waals surface area contributed by atoms with Crippen molar-refractivity contribution in [3.63, 3.8) is 0 Å². The van der Waals surface area contributed by atoms with Crippen molar-refractivity contribution in [3.05, 3.63) is 0 Å². The van der Waals surface area contributed by atoms with E-state index in [1.165, 1.54) is 64.2 Å². The third-order valence-corrected chi connectivity index (χ3v) is 17.5. The van der Waals surface area contributed by atoms with E-state index < -0.39 is 16.6 Å². The van der Waals surface area contributed by atoms with Crippen molar-refractivity contribution in [2.45, 2.75) is 161 Å². The van der Waals surface area contributed by atoms with Crippen LogP contribution in [-0.4, -0.2) is 46.6 Å². The van der Waals surface area contributed by atoms with E-state index in [1.54, 1.807) is 0 Å². The molecule has 0 heterocycles. The van der Waals surface area contributed by atoms with Crippen LogP contribution < -0.4 is 29.6 Å². The van der Waals surface area contributed by atoms with Crippen molar-refractivity contribution in [3.8, 4) is 0 Å². The molecule has 2 fully saturated rings. The van der Waals surface area contributed by atoms with Crippen molar-refractivity contribution >= 4 is 28.9 Å². The average molecular weight is 585 g/mol. The standard InChI is InChI=1S/C14H30OSi.C12H26OSi.2CO2.Na.H2O/c1-7-12-8-10-13(11-9-12)15-16(5,6)14(2,3)4;1-12(2,3)14(4,5)13-11-9-7-6-8-10-11;2*2-1-3;;/h12-13H,7-11H2,1-6H3;11H,6-10H2,1-5H3;;;;1H2/q;;;;+1;/p-1. The van der Waals surface area contributed by atoms with Gasteiger partial charge in [-0.15, -0.1) is 0 Å². The topological polar surface area (TPSA) is 117 Å². The van der Waals surface area contributed by atoms with Gasteiger partial charge in [0.1, 0.15) is 0 Å². The third kappa shape index (κ3) is 19.2. The molecular weight excluding hydrogens is 527 g/mol. The summed E-state index contributed by atoms with van der Waals surface area (Å²) in [5.41, 5.74) is 0. The number of rotatable bonds is 5. The second-order valence-electron chi connectivity index (χ2n) is 13.2. The van der Waals surface area contributed by atoms with E-state index in [1.807, 2.05) is 0 Å². The molecule has 0 aliphatic heterocycles. The summed E-state index contributed by atoms with van der Waals surface area (Å²) in [5, 5.41) is 0.721. The summed E-state index contributed by atoms with van der Waals surface area (Å²) in [4.78, 5) is 32.5. The van der Waals surface area contributed by atoms with Gasteiger partial charge in [0.2, 0.25) is 0 Å². The number of carbonyl (C=O) groups excluding carboxylic acids is 4. The smallest absolute Gasteiger partial charge is 0.870 e. The molecule has 2 rings (SSSR count). The van der Waals surface area contributed by atoms with E-state index in [4.69, 9.17) is 28.0 Å². The molecule has 38 heavy (non-hydrogen) atoms. The zero-order chi connectivity index (χ0) is 28.6. The predicted octanol–water partition coefficient (Wildman–Crippen LogP) is 4.98. The SMILES string of the molecule is CC(C)(C)[Si](C)(C)OC1CCCCC1.CCC1CCC(O[Si](C)(C)C(C)(C)C)CC1.O=C=O.O=C=O.[Na+].[OH-]. The maximum Gasteiger partial charge on any atom is 1.00 e. The van der Waals surface area contributed by atoms with Gasteiger partial charge in [-0.05, 0) is 80.7 Å². The molecule has 0 spiro atoms. The van der Waals surface area contributed by atoms with E-state index >= 15 is 0 Å². The summed E-state index contributed by atoms with van der Waals surface area (Å²) in [5.74, 6) is 0.972. The molecule has 0 radical (unpaired) electrons. The Hall–Kier alpha value is 0.0738. The summed E-state index contributed by atoms with van der Waals surface area (Å²) in [6.45, 7) is 25.7. The summed E-state index contributed by atoms with van der Waals surface area (Å²) in [6, 6.07) is 0. The van der Waals surface area contributed by atoms with Crippen LogP contribution in [0.1, 0.15) is 113 Å². The zero-order valence-corrected chi connectivity index (χ0v) is 30.7. The predicted molar refractivity (Wildman–Crippen MR) is 151 cm³/mol. The Bertz CT molecular complexity index is 635. The molecule has 220 valence electrons. The van der Waals surface area contributed by atoms with Crippen molar-refractivity contribution in [2.24, 2.45) is 5.92 Å². The first kappa shape index (κ1) is 45.1. The van der Waals surface area contributed by atoms with Crippen LogP contribution in [0.25, 0.3) is 0 Å². The van der Waals surface area contributed by atoms with E-state index in [2.05, 4.69) is 74.7 Å². The molecule has 2 saturated carbocycles. The van der Waals surface area contributed by atoms with Crippen LogP contribution in [0.3, 0.4) is 0 Å². The minimum absolute atomic E-state index is 0. The molecule has 0 aromatic carbocycles. The molecule has 1 N–H and O–H groups in total. The zero-order valence-electron chi connectivity index (χ0n) is 26.7. The monoisotopic (exact) mass is 584 g/mol. The Morgan fingerprint density at radius 2 is 0.921 bits per heavy atom. The van der Waals surface area contributed by atoms with Crippen LogP contribution >= 0.6 is 0 Å². The van der Waals surface area contributed by atoms with Gasteiger partial charge in [0.15, 0.2) is 16.6 Å². The van der Waals surface area contributed by atoms with Crippen LogP contribution in [-0.2, 0) is 28.0 Å². The van der Waals surface area contributed by atoms with Gasteiger partial charge in [-0.2, -0.15) is 19.2 Å².